The van der Waals surface area contributed by atoms with Crippen LogP contribution in [0.2, 0.25) is 0 Å². The number of anilines is 2. The van der Waals surface area contributed by atoms with Crippen molar-refractivity contribution in [3.63, 3.8) is 0 Å². The molecule has 2 aromatic rings. The Morgan fingerprint density at radius 3 is 3.00 bits per heavy atom. The standard InChI is InChI=1S/C10H11N5O/c11-9-3-5-15(14-9)7-10(16)13-8-2-1-4-12-6-8/h1-6H,7H2,(H2,11,14)(H,13,16). The SMILES string of the molecule is Nc1ccn(CC(=O)Nc2cccnc2)n1. The van der Waals surface area contributed by atoms with Gasteiger partial charge < -0.3 is 11.1 Å². The number of amides is 1. The molecular weight excluding hydrogens is 206 g/mol. The molecule has 16 heavy (non-hydrogen) atoms. The third-order valence-electron chi connectivity index (χ3n) is 1.91. The van der Waals surface area contributed by atoms with Crippen LogP contribution in [0.5, 0.6) is 0 Å². The first-order chi connectivity index (χ1) is 7.74. The third-order valence-corrected chi connectivity index (χ3v) is 1.91. The number of nitrogens with two attached hydrogens (primary N) is 1. The van der Waals surface area contributed by atoms with E-state index in [2.05, 4.69) is 15.4 Å². The van der Waals surface area contributed by atoms with E-state index in [-0.39, 0.29) is 12.5 Å². The van der Waals surface area contributed by atoms with Crippen LogP contribution in [0.4, 0.5) is 11.5 Å². The van der Waals surface area contributed by atoms with E-state index >= 15 is 0 Å². The normalized spacial score (nSPS) is 10.0. The van der Waals surface area contributed by atoms with Crippen LogP contribution in [0.15, 0.2) is 36.8 Å². The van der Waals surface area contributed by atoms with Crippen LogP contribution in [0.1, 0.15) is 0 Å². The van der Waals surface area contributed by atoms with Gasteiger partial charge in [0.1, 0.15) is 12.4 Å². The minimum atomic E-state index is -0.170. The van der Waals surface area contributed by atoms with Crippen LogP contribution in [0.3, 0.4) is 0 Å². The van der Waals surface area contributed by atoms with Gasteiger partial charge in [0.25, 0.3) is 0 Å². The molecule has 2 heterocycles. The lowest BCUT2D eigenvalue weighted by molar-refractivity contribution is -0.116. The summed E-state index contributed by atoms with van der Waals surface area (Å²) in [6.07, 6.45) is 4.87. The van der Waals surface area contributed by atoms with Crippen LogP contribution < -0.4 is 11.1 Å². The summed E-state index contributed by atoms with van der Waals surface area (Å²) in [7, 11) is 0. The molecule has 0 radical (unpaired) electrons. The fourth-order valence-electron chi connectivity index (χ4n) is 1.25. The summed E-state index contributed by atoms with van der Waals surface area (Å²) < 4.78 is 1.47. The molecule has 0 saturated heterocycles. The van der Waals surface area contributed by atoms with Gasteiger partial charge >= 0.3 is 0 Å². The highest BCUT2D eigenvalue weighted by molar-refractivity contribution is 5.90. The van der Waals surface area contributed by atoms with Gasteiger partial charge in [-0.05, 0) is 18.2 Å². The molecule has 0 fully saturated rings. The molecule has 0 aromatic carbocycles. The van der Waals surface area contributed by atoms with Crippen molar-refractivity contribution >= 4 is 17.4 Å². The number of hydrogen-bond donors (Lipinski definition) is 2. The maximum absolute atomic E-state index is 11.6. The predicted octanol–water partition coefficient (Wildman–Crippen LogP) is 0.499. The van der Waals surface area contributed by atoms with E-state index in [9.17, 15) is 4.79 Å². The molecule has 0 aliphatic rings. The number of rotatable bonds is 3. The van der Waals surface area contributed by atoms with Gasteiger partial charge in [-0.1, -0.05) is 0 Å². The zero-order valence-corrected chi connectivity index (χ0v) is 8.50. The second kappa shape index (κ2) is 4.43. The van der Waals surface area contributed by atoms with Crippen molar-refractivity contribution in [2.24, 2.45) is 0 Å². The molecule has 0 atom stereocenters. The minimum absolute atomic E-state index is 0.131. The van der Waals surface area contributed by atoms with Crippen molar-refractivity contribution < 1.29 is 4.79 Å². The molecule has 82 valence electrons. The van der Waals surface area contributed by atoms with Crippen molar-refractivity contribution in [3.8, 4) is 0 Å². The molecule has 0 saturated carbocycles. The van der Waals surface area contributed by atoms with Crippen molar-refractivity contribution in [3.05, 3.63) is 36.8 Å². The van der Waals surface area contributed by atoms with Crippen molar-refractivity contribution in [1.82, 2.24) is 14.8 Å². The Morgan fingerprint density at radius 1 is 1.50 bits per heavy atom. The van der Waals surface area contributed by atoms with E-state index in [1.54, 1.807) is 36.8 Å². The van der Waals surface area contributed by atoms with E-state index in [1.165, 1.54) is 4.68 Å². The number of carbonyl (C=O) groups excluding carboxylic acids is 1. The summed E-state index contributed by atoms with van der Waals surface area (Å²) in [5.74, 6) is 0.227. The van der Waals surface area contributed by atoms with E-state index in [0.29, 0.717) is 11.5 Å². The molecule has 2 rings (SSSR count). The van der Waals surface area contributed by atoms with Crippen LogP contribution in [0, 0.1) is 0 Å². The first kappa shape index (κ1) is 10.2. The number of carbonyl (C=O) groups is 1. The van der Waals surface area contributed by atoms with Gasteiger partial charge in [0.2, 0.25) is 5.91 Å². The zero-order chi connectivity index (χ0) is 11.4. The van der Waals surface area contributed by atoms with Gasteiger partial charge in [0.05, 0.1) is 11.9 Å². The number of nitrogens with one attached hydrogen (secondary N) is 1. The van der Waals surface area contributed by atoms with Gasteiger partial charge in [-0.25, -0.2) is 0 Å². The molecule has 6 nitrogen and oxygen atoms in total. The summed E-state index contributed by atoms with van der Waals surface area (Å²) in [6.45, 7) is 0.131. The smallest absolute Gasteiger partial charge is 0.246 e. The average molecular weight is 217 g/mol. The van der Waals surface area contributed by atoms with Crippen LogP contribution in [-0.4, -0.2) is 20.7 Å². The predicted molar refractivity (Wildman–Crippen MR) is 59.5 cm³/mol. The van der Waals surface area contributed by atoms with E-state index in [1.807, 2.05) is 0 Å². The largest absolute Gasteiger partial charge is 0.382 e. The summed E-state index contributed by atoms with van der Waals surface area (Å²) in [6, 6.07) is 5.15. The number of aromatic nitrogens is 3. The highest BCUT2D eigenvalue weighted by Crippen LogP contribution is 2.03. The molecule has 0 spiro atoms. The lowest BCUT2D eigenvalue weighted by atomic mass is 10.4. The highest BCUT2D eigenvalue weighted by atomic mass is 16.2. The summed E-state index contributed by atoms with van der Waals surface area (Å²) in [4.78, 5) is 15.4. The maximum Gasteiger partial charge on any atom is 0.246 e. The average Bonchev–Trinajstić information content (AvgIpc) is 2.65. The van der Waals surface area contributed by atoms with E-state index in [0.717, 1.165) is 0 Å². The fourth-order valence-corrected chi connectivity index (χ4v) is 1.25. The van der Waals surface area contributed by atoms with Gasteiger partial charge in [0, 0.05) is 12.4 Å². The van der Waals surface area contributed by atoms with E-state index in [4.69, 9.17) is 5.73 Å². The molecule has 0 bridgehead atoms. The first-order valence-corrected chi connectivity index (χ1v) is 4.73. The van der Waals surface area contributed by atoms with Crippen molar-refractivity contribution in [2.75, 3.05) is 11.1 Å². The Hall–Kier alpha value is -2.37. The molecule has 0 unspecified atom stereocenters. The van der Waals surface area contributed by atoms with Crippen LogP contribution in [0.25, 0.3) is 0 Å². The number of hydrogen-bond acceptors (Lipinski definition) is 4. The van der Waals surface area contributed by atoms with E-state index < -0.39 is 0 Å². The van der Waals surface area contributed by atoms with Gasteiger partial charge in [-0.15, -0.1) is 0 Å². The van der Waals surface area contributed by atoms with Crippen LogP contribution >= 0.6 is 0 Å². The first-order valence-electron chi connectivity index (χ1n) is 4.73. The number of nitrogen functional groups attached to an aromatic ring is 1. The van der Waals surface area contributed by atoms with Gasteiger partial charge in [-0.2, -0.15) is 5.10 Å². The molecule has 3 N–H and O–H groups in total. The van der Waals surface area contributed by atoms with Crippen molar-refractivity contribution in [2.45, 2.75) is 6.54 Å². The molecule has 1 amide bonds. The number of nitrogens with zero attached hydrogens (tertiary/aromatic N) is 3. The lowest BCUT2D eigenvalue weighted by Gasteiger charge is -2.04. The molecule has 2 aromatic heterocycles. The molecule has 0 aliphatic heterocycles. The van der Waals surface area contributed by atoms with Gasteiger partial charge in [0.15, 0.2) is 0 Å². The molecule has 6 heteroatoms. The summed E-state index contributed by atoms with van der Waals surface area (Å²) in [5.41, 5.74) is 6.09. The van der Waals surface area contributed by atoms with Gasteiger partial charge in [-0.3, -0.25) is 14.5 Å². The quantitative estimate of drug-likeness (QED) is 0.783. The fraction of sp³-hybridized carbons (Fsp3) is 0.100. The second-order valence-electron chi connectivity index (χ2n) is 3.23. The maximum atomic E-state index is 11.6. The second-order valence-corrected chi connectivity index (χ2v) is 3.23. The Bertz CT molecular complexity index is 479. The Balaban J connectivity index is 1.95. The highest BCUT2D eigenvalue weighted by Gasteiger charge is 2.04. The Labute approximate surface area is 92.1 Å². The summed E-state index contributed by atoms with van der Waals surface area (Å²) in [5, 5.41) is 6.61. The molecule has 0 aliphatic carbocycles. The third kappa shape index (κ3) is 2.57. The molecular formula is C10H11N5O. The Morgan fingerprint density at radius 2 is 2.38 bits per heavy atom. The Kier molecular flexibility index (Phi) is 2.81. The summed E-state index contributed by atoms with van der Waals surface area (Å²) >= 11 is 0. The minimum Gasteiger partial charge on any atom is -0.382 e. The van der Waals surface area contributed by atoms with Crippen molar-refractivity contribution in [1.29, 1.82) is 0 Å². The monoisotopic (exact) mass is 217 g/mol. The lowest BCUT2D eigenvalue weighted by Crippen LogP contribution is -2.19. The topological polar surface area (TPSA) is 85.8 Å². The zero-order valence-electron chi connectivity index (χ0n) is 8.50. The number of pyridine rings is 1. The van der Waals surface area contributed by atoms with Crippen LogP contribution in [-0.2, 0) is 11.3 Å².